The Balaban J connectivity index is 2.66. The van der Waals surface area contributed by atoms with Gasteiger partial charge >= 0.3 is 0 Å². The molecule has 1 atom stereocenters. The van der Waals surface area contributed by atoms with Crippen LogP contribution in [0.4, 0.5) is 0 Å². The van der Waals surface area contributed by atoms with Crippen LogP contribution in [0.2, 0.25) is 0 Å². The maximum atomic E-state index is 11.4. The third-order valence-electron chi connectivity index (χ3n) is 2.23. The van der Waals surface area contributed by atoms with E-state index in [2.05, 4.69) is 0 Å². The Hall–Kier alpha value is -1.51. The minimum Gasteiger partial charge on any atom is -0.494 e. The fraction of sp³-hybridized carbons (Fsp3) is 0.462. The lowest BCUT2D eigenvalue weighted by Crippen LogP contribution is -2.22. The van der Waals surface area contributed by atoms with Crippen LogP contribution in [0.15, 0.2) is 24.3 Å². The Labute approximate surface area is 96.4 Å². The molecule has 1 unspecified atom stereocenters. The molecule has 0 bridgehead atoms. The average Bonchev–Trinajstić information content (AvgIpc) is 2.29. The van der Waals surface area contributed by atoms with Crippen LogP contribution >= 0.6 is 0 Å². The van der Waals surface area contributed by atoms with Crippen LogP contribution in [0.3, 0.4) is 0 Å². The Bertz CT molecular complexity index is 347. The number of ether oxygens (including phenoxy) is 2. The molecule has 0 aliphatic heterocycles. The van der Waals surface area contributed by atoms with E-state index in [1.54, 1.807) is 13.0 Å². The van der Waals surface area contributed by atoms with Crippen molar-refractivity contribution in [1.82, 2.24) is 0 Å². The second-order valence-corrected chi connectivity index (χ2v) is 3.49. The maximum Gasteiger partial charge on any atom is 0.172 e. The summed E-state index contributed by atoms with van der Waals surface area (Å²) in [4.78, 5) is 11.4. The van der Waals surface area contributed by atoms with E-state index in [1.165, 1.54) is 0 Å². The summed E-state index contributed by atoms with van der Waals surface area (Å²) in [5.74, 6) is 1.53. The van der Waals surface area contributed by atoms with Crippen molar-refractivity contribution >= 4 is 5.78 Å². The summed E-state index contributed by atoms with van der Waals surface area (Å²) in [7, 11) is 0. The molecule has 0 aromatic heterocycles. The fourth-order valence-electron chi connectivity index (χ4n) is 1.36. The molecule has 0 N–H and O–H groups in total. The Morgan fingerprint density at radius 2 is 2.00 bits per heavy atom. The Kier molecular flexibility index (Phi) is 4.83. The van der Waals surface area contributed by atoms with Crippen LogP contribution in [0.5, 0.6) is 11.5 Å². The molecular weight excluding hydrogens is 204 g/mol. The smallest absolute Gasteiger partial charge is 0.172 e. The first-order chi connectivity index (χ1) is 7.67. The molecule has 3 heteroatoms. The number of rotatable bonds is 6. The van der Waals surface area contributed by atoms with Crippen LogP contribution in [0.1, 0.15) is 27.2 Å². The van der Waals surface area contributed by atoms with Gasteiger partial charge in [0, 0.05) is 12.5 Å². The van der Waals surface area contributed by atoms with Crippen molar-refractivity contribution in [3.05, 3.63) is 24.3 Å². The molecule has 1 aromatic rings. The van der Waals surface area contributed by atoms with Crippen molar-refractivity contribution in [2.45, 2.75) is 33.3 Å². The first kappa shape index (κ1) is 12.6. The molecule has 0 aliphatic rings. The van der Waals surface area contributed by atoms with Crippen molar-refractivity contribution in [3.63, 3.8) is 0 Å². The van der Waals surface area contributed by atoms with Crippen LogP contribution < -0.4 is 9.47 Å². The summed E-state index contributed by atoms with van der Waals surface area (Å²) in [6, 6.07) is 7.33. The number of Topliss-reactive ketones (excluding diaryl/α,β-unsaturated/α-hetero) is 1. The number of hydrogen-bond donors (Lipinski definition) is 0. The van der Waals surface area contributed by atoms with Gasteiger partial charge in [-0.1, -0.05) is 13.0 Å². The van der Waals surface area contributed by atoms with Crippen molar-refractivity contribution in [2.24, 2.45) is 0 Å². The lowest BCUT2D eigenvalue weighted by atomic mass is 10.2. The number of carbonyl (C=O) groups excluding carboxylic acids is 1. The van der Waals surface area contributed by atoms with Crippen molar-refractivity contribution in [3.8, 4) is 11.5 Å². The van der Waals surface area contributed by atoms with Gasteiger partial charge in [0.15, 0.2) is 11.9 Å². The van der Waals surface area contributed by atoms with Gasteiger partial charge in [-0.05, 0) is 26.0 Å². The molecule has 3 nitrogen and oxygen atoms in total. The van der Waals surface area contributed by atoms with Gasteiger partial charge < -0.3 is 9.47 Å². The highest BCUT2D eigenvalue weighted by molar-refractivity contribution is 5.82. The molecule has 0 spiro atoms. The van der Waals surface area contributed by atoms with E-state index in [-0.39, 0.29) is 5.78 Å². The molecule has 0 fully saturated rings. The predicted octanol–water partition coefficient (Wildman–Crippen LogP) is 2.83. The molecule has 0 amide bonds. The van der Waals surface area contributed by atoms with Gasteiger partial charge in [-0.25, -0.2) is 0 Å². The molecular formula is C13H18O3. The van der Waals surface area contributed by atoms with Gasteiger partial charge in [-0.3, -0.25) is 4.79 Å². The third kappa shape index (κ3) is 3.57. The summed E-state index contributed by atoms with van der Waals surface area (Å²) in [6.45, 7) is 6.14. The molecule has 0 saturated carbocycles. The molecule has 0 radical (unpaired) electrons. The van der Waals surface area contributed by atoms with E-state index in [0.29, 0.717) is 18.8 Å². The van der Waals surface area contributed by atoms with Crippen LogP contribution in [0, 0.1) is 0 Å². The maximum absolute atomic E-state index is 11.4. The molecule has 16 heavy (non-hydrogen) atoms. The zero-order valence-corrected chi connectivity index (χ0v) is 10.0. The van der Waals surface area contributed by atoms with Crippen LogP contribution in [-0.2, 0) is 4.79 Å². The first-order valence-electron chi connectivity index (χ1n) is 5.59. The quantitative estimate of drug-likeness (QED) is 0.742. The summed E-state index contributed by atoms with van der Waals surface area (Å²) in [5.41, 5.74) is 0. The van der Waals surface area contributed by atoms with Crippen LogP contribution in [-0.4, -0.2) is 18.5 Å². The Morgan fingerprint density at radius 3 is 2.62 bits per heavy atom. The zero-order chi connectivity index (χ0) is 12.0. The second-order valence-electron chi connectivity index (χ2n) is 3.49. The van der Waals surface area contributed by atoms with Gasteiger partial charge in [-0.15, -0.1) is 0 Å². The average molecular weight is 222 g/mol. The number of benzene rings is 1. The lowest BCUT2D eigenvalue weighted by molar-refractivity contribution is -0.124. The van der Waals surface area contributed by atoms with Gasteiger partial charge in [0.05, 0.1) is 6.61 Å². The number of carbonyl (C=O) groups is 1. The van der Waals surface area contributed by atoms with Crippen molar-refractivity contribution < 1.29 is 14.3 Å². The topological polar surface area (TPSA) is 35.5 Å². The number of hydrogen-bond acceptors (Lipinski definition) is 3. The highest BCUT2D eigenvalue weighted by atomic mass is 16.5. The minimum atomic E-state index is -0.401. The largest absolute Gasteiger partial charge is 0.494 e. The lowest BCUT2D eigenvalue weighted by Gasteiger charge is -2.13. The molecule has 88 valence electrons. The molecule has 1 rings (SSSR count). The fourth-order valence-corrected chi connectivity index (χ4v) is 1.36. The van der Waals surface area contributed by atoms with E-state index < -0.39 is 6.10 Å². The standard InChI is InChI=1S/C13H18O3/c1-4-13(14)10(3)16-12-8-6-7-11(9-12)15-5-2/h6-10H,4-5H2,1-3H3. The van der Waals surface area contributed by atoms with E-state index in [9.17, 15) is 4.79 Å². The third-order valence-corrected chi connectivity index (χ3v) is 2.23. The van der Waals surface area contributed by atoms with Crippen molar-refractivity contribution in [1.29, 1.82) is 0 Å². The predicted molar refractivity (Wildman–Crippen MR) is 63.0 cm³/mol. The molecule has 0 aliphatic carbocycles. The van der Waals surface area contributed by atoms with Gasteiger partial charge in [0.2, 0.25) is 0 Å². The SMILES string of the molecule is CCOc1cccc(OC(C)C(=O)CC)c1. The highest BCUT2D eigenvalue weighted by Crippen LogP contribution is 2.20. The second kappa shape index (κ2) is 6.16. The first-order valence-corrected chi connectivity index (χ1v) is 5.59. The van der Waals surface area contributed by atoms with E-state index in [4.69, 9.17) is 9.47 Å². The molecule has 0 saturated heterocycles. The molecule has 0 heterocycles. The number of ketones is 1. The van der Waals surface area contributed by atoms with Gasteiger partial charge in [0.1, 0.15) is 11.5 Å². The van der Waals surface area contributed by atoms with Crippen molar-refractivity contribution in [2.75, 3.05) is 6.61 Å². The normalized spacial score (nSPS) is 11.9. The van der Waals surface area contributed by atoms with E-state index >= 15 is 0 Å². The zero-order valence-electron chi connectivity index (χ0n) is 10.0. The van der Waals surface area contributed by atoms with E-state index in [1.807, 2.05) is 32.0 Å². The van der Waals surface area contributed by atoms with Crippen LogP contribution in [0.25, 0.3) is 0 Å². The minimum absolute atomic E-state index is 0.0989. The monoisotopic (exact) mass is 222 g/mol. The van der Waals surface area contributed by atoms with E-state index in [0.717, 1.165) is 5.75 Å². The Morgan fingerprint density at radius 1 is 1.31 bits per heavy atom. The summed E-state index contributed by atoms with van der Waals surface area (Å²) in [6.07, 6.45) is 0.0913. The summed E-state index contributed by atoms with van der Waals surface area (Å²) >= 11 is 0. The van der Waals surface area contributed by atoms with Gasteiger partial charge in [0.25, 0.3) is 0 Å². The summed E-state index contributed by atoms with van der Waals surface area (Å²) < 4.78 is 10.9. The molecule has 1 aromatic carbocycles. The summed E-state index contributed by atoms with van der Waals surface area (Å²) in [5, 5.41) is 0. The highest BCUT2D eigenvalue weighted by Gasteiger charge is 2.12. The van der Waals surface area contributed by atoms with Gasteiger partial charge in [-0.2, -0.15) is 0 Å².